The number of esters is 1. The number of ether oxygens (including phenoxy) is 2. The molecule has 0 saturated heterocycles. The molecule has 7 heteroatoms. The molecule has 0 heterocycles. The van der Waals surface area contributed by atoms with Gasteiger partial charge < -0.3 is 14.6 Å². The van der Waals surface area contributed by atoms with Crippen molar-refractivity contribution in [1.29, 1.82) is 0 Å². The second kappa shape index (κ2) is 15.2. The Bertz CT molecular complexity index is 1210. The summed E-state index contributed by atoms with van der Waals surface area (Å²) in [6.45, 7) is 9.63. The molecular formula is C30H33F3O4. The average Bonchev–Trinajstić information content (AvgIpc) is 2.88. The highest BCUT2D eigenvalue weighted by atomic mass is 19.4. The number of halogens is 3. The molecule has 0 spiro atoms. The van der Waals surface area contributed by atoms with Crippen molar-refractivity contribution in [3.63, 3.8) is 0 Å². The molecule has 0 atom stereocenters. The number of hydrogen-bond acceptors (Lipinski definition) is 4. The maximum absolute atomic E-state index is 13.5. The van der Waals surface area contributed by atoms with Gasteiger partial charge in [0.15, 0.2) is 0 Å². The zero-order valence-corrected chi connectivity index (χ0v) is 22.0. The van der Waals surface area contributed by atoms with Crippen LogP contribution in [-0.2, 0) is 15.7 Å². The molecular weight excluding hydrogens is 481 g/mol. The fourth-order valence-corrected chi connectivity index (χ4v) is 3.00. The van der Waals surface area contributed by atoms with Gasteiger partial charge in [-0.3, -0.25) is 0 Å². The largest absolute Gasteiger partial charge is 0.508 e. The van der Waals surface area contributed by atoms with Gasteiger partial charge in [0, 0.05) is 11.1 Å². The first kappa shape index (κ1) is 31.1. The molecule has 0 fully saturated rings. The van der Waals surface area contributed by atoms with E-state index in [0.717, 1.165) is 18.6 Å². The molecule has 0 saturated carbocycles. The molecule has 0 aliphatic rings. The van der Waals surface area contributed by atoms with Crippen molar-refractivity contribution in [2.24, 2.45) is 0 Å². The summed E-state index contributed by atoms with van der Waals surface area (Å²) in [5.74, 6) is 5.00. The number of phenols is 1. The van der Waals surface area contributed by atoms with E-state index in [2.05, 4.69) is 11.8 Å². The van der Waals surface area contributed by atoms with E-state index in [1.54, 1.807) is 38.1 Å². The molecule has 2 aromatic rings. The van der Waals surface area contributed by atoms with Crippen LogP contribution >= 0.6 is 0 Å². The molecule has 2 aromatic carbocycles. The number of benzene rings is 2. The van der Waals surface area contributed by atoms with Gasteiger partial charge in [-0.1, -0.05) is 50.8 Å². The van der Waals surface area contributed by atoms with Gasteiger partial charge in [0.2, 0.25) is 0 Å². The van der Waals surface area contributed by atoms with E-state index in [4.69, 9.17) is 9.47 Å². The Labute approximate surface area is 217 Å². The number of carbonyl (C=O) groups is 1. The molecule has 37 heavy (non-hydrogen) atoms. The smallest absolute Gasteiger partial charge is 0.417 e. The van der Waals surface area contributed by atoms with E-state index in [-0.39, 0.29) is 17.7 Å². The number of methoxy groups -OCH3 is 1. The number of carbonyl (C=O) groups excluding carboxylic acids is 1. The first-order valence-corrected chi connectivity index (χ1v) is 11.9. The van der Waals surface area contributed by atoms with Gasteiger partial charge in [-0.05, 0) is 73.9 Å². The monoisotopic (exact) mass is 514 g/mol. The van der Waals surface area contributed by atoms with Crippen molar-refractivity contribution >= 4 is 11.5 Å². The topological polar surface area (TPSA) is 55.8 Å². The summed E-state index contributed by atoms with van der Waals surface area (Å²) in [6.07, 6.45) is 3.34. The molecule has 0 aliphatic carbocycles. The lowest BCUT2D eigenvalue weighted by atomic mass is 9.95. The Kier molecular flexibility index (Phi) is 12.8. The standard InChI is InChI=1S/C28H27F3O4.C2H6/c1-5-7-8-20(10-9-19(3)34-4)25-17-23(27(33)35-6-2)14-12-21(25)11-13-22-15-16-24(32)18-26(22)28(29,30)31;1-2/h7-10,12,14-18,32H,5-6H2,1-4H3;1-2H3/b8-7-,19-9+,20-10+;. The second-order valence-electron chi connectivity index (χ2n) is 7.37. The lowest BCUT2D eigenvalue weighted by Gasteiger charge is -2.11. The van der Waals surface area contributed by atoms with Crippen molar-refractivity contribution in [3.8, 4) is 17.6 Å². The van der Waals surface area contributed by atoms with E-state index in [0.29, 0.717) is 28.5 Å². The van der Waals surface area contributed by atoms with Crippen LogP contribution in [0, 0.1) is 11.8 Å². The maximum atomic E-state index is 13.5. The summed E-state index contributed by atoms with van der Waals surface area (Å²) in [7, 11) is 1.54. The number of alkyl halides is 3. The van der Waals surface area contributed by atoms with Crippen molar-refractivity contribution in [3.05, 3.63) is 94.3 Å². The minimum atomic E-state index is -4.68. The van der Waals surface area contributed by atoms with Gasteiger partial charge in [-0.2, -0.15) is 13.2 Å². The Morgan fingerprint density at radius 2 is 1.68 bits per heavy atom. The average molecular weight is 515 g/mol. The zero-order valence-electron chi connectivity index (χ0n) is 22.0. The molecule has 1 N–H and O–H groups in total. The Hall–Kier alpha value is -3.92. The van der Waals surface area contributed by atoms with Crippen molar-refractivity contribution in [1.82, 2.24) is 0 Å². The quantitative estimate of drug-likeness (QED) is 0.177. The van der Waals surface area contributed by atoms with Crippen LogP contribution in [0.1, 0.15) is 73.7 Å². The number of hydrogen-bond donors (Lipinski definition) is 1. The highest BCUT2D eigenvalue weighted by Gasteiger charge is 2.33. The third-order valence-corrected chi connectivity index (χ3v) is 4.83. The van der Waals surface area contributed by atoms with E-state index >= 15 is 0 Å². The zero-order chi connectivity index (χ0) is 28.0. The van der Waals surface area contributed by atoms with Gasteiger partial charge in [-0.25, -0.2) is 4.79 Å². The van der Waals surface area contributed by atoms with Crippen LogP contribution < -0.4 is 0 Å². The summed E-state index contributed by atoms with van der Waals surface area (Å²) in [5, 5.41) is 9.51. The van der Waals surface area contributed by atoms with E-state index in [9.17, 15) is 23.1 Å². The fraction of sp³-hybridized carbons (Fsp3) is 0.300. The van der Waals surface area contributed by atoms with Gasteiger partial charge in [0.25, 0.3) is 0 Å². The summed E-state index contributed by atoms with van der Waals surface area (Å²) in [5.41, 5.74) is 0.613. The molecule has 2 rings (SSSR count). The first-order valence-electron chi connectivity index (χ1n) is 11.9. The summed E-state index contributed by atoms with van der Waals surface area (Å²) in [4.78, 5) is 12.3. The van der Waals surface area contributed by atoms with Crippen LogP contribution in [0.2, 0.25) is 0 Å². The van der Waals surface area contributed by atoms with Crippen LogP contribution in [0.15, 0.2) is 66.5 Å². The first-order chi connectivity index (χ1) is 17.6. The lowest BCUT2D eigenvalue weighted by molar-refractivity contribution is -0.137. The highest BCUT2D eigenvalue weighted by molar-refractivity contribution is 5.92. The fourth-order valence-electron chi connectivity index (χ4n) is 3.00. The predicted molar refractivity (Wildman–Crippen MR) is 141 cm³/mol. The molecule has 0 unspecified atom stereocenters. The SMILES string of the molecule is CC.CC\C=C/C(=C\C=C(/C)OC)c1cc(C(=O)OCC)ccc1C#Cc1ccc(O)cc1C(F)(F)F. The lowest BCUT2D eigenvalue weighted by Crippen LogP contribution is -2.07. The summed E-state index contributed by atoms with van der Waals surface area (Å²) >= 11 is 0. The van der Waals surface area contributed by atoms with Crippen molar-refractivity contribution in [2.75, 3.05) is 13.7 Å². The second-order valence-corrected chi connectivity index (χ2v) is 7.37. The van der Waals surface area contributed by atoms with E-state index < -0.39 is 23.5 Å². The summed E-state index contributed by atoms with van der Waals surface area (Å²) < 4.78 is 50.7. The Balaban J connectivity index is 0.00000334. The van der Waals surface area contributed by atoms with Crippen LogP contribution in [0.3, 0.4) is 0 Å². The highest BCUT2D eigenvalue weighted by Crippen LogP contribution is 2.34. The molecule has 0 aliphatic heterocycles. The van der Waals surface area contributed by atoms with Crippen LogP contribution in [-0.4, -0.2) is 24.8 Å². The molecule has 0 radical (unpaired) electrons. The molecule has 198 valence electrons. The molecule has 0 amide bonds. The third kappa shape index (κ3) is 9.57. The third-order valence-electron chi connectivity index (χ3n) is 4.83. The summed E-state index contributed by atoms with van der Waals surface area (Å²) in [6, 6.07) is 7.61. The molecule has 4 nitrogen and oxygen atoms in total. The normalized spacial score (nSPS) is 11.8. The number of aromatic hydroxyl groups is 1. The van der Waals surface area contributed by atoms with Gasteiger partial charge in [0.05, 0.1) is 30.6 Å². The van der Waals surface area contributed by atoms with Crippen molar-refractivity contribution < 1.29 is 32.5 Å². The Morgan fingerprint density at radius 3 is 2.27 bits per heavy atom. The number of phenolic OH excluding ortho intramolecular Hbond substituents is 1. The number of rotatable bonds is 7. The van der Waals surface area contributed by atoms with Gasteiger partial charge in [-0.15, -0.1) is 0 Å². The Morgan fingerprint density at radius 1 is 1.03 bits per heavy atom. The minimum Gasteiger partial charge on any atom is -0.508 e. The van der Waals surface area contributed by atoms with E-state index in [1.807, 2.05) is 32.9 Å². The van der Waals surface area contributed by atoms with E-state index in [1.165, 1.54) is 13.2 Å². The predicted octanol–water partition coefficient (Wildman–Crippen LogP) is 7.91. The van der Waals surface area contributed by atoms with Crippen LogP contribution in [0.25, 0.3) is 5.57 Å². The van der Waals surface area contributed by atoms with Crippen LogP contribution in [0.4, 0.5) is 13.2 Å². The van der Waals surface area contributed by atoms with Crippen molar-refractivity contribution in [2.45, 2.75) is 47.2 Å². The molecule has 0 bridgehead atoms. The van der Waals surface area contributed by atoms with Crippen LogP contribution in [0.5, 0.6) is 5.75 Å². The van der Waals surface area contributed by atoms with Gasteiger partial charge >= 0.3 is 12.1 Å². The molecule has 0 aromatic heterocycles. The number of allylic oxidation sites excluding steroid dienone is 6. The maximum Gasteiger partial charge on any atom is 0.417 e. The van der Waals surface area contributed by atoms with Gasteiger partial charge in [0.1, 0.15) is 5.75 Å². The minimum absolute atomic E-state index is 0.199.